The molecule has 0 aliphatic carbocycles. The Balaban J connectivity index is 1.94. The molecule has 7 nitrogen and oxygen atoms in total. The van der Waals surface area contributed by atoms with Gasteiger partial charge in [0, 0.05) is 50.5 Å². The molecule has 0 aromatic carbocycles. The number of aldehydes is 1. The number of rotatable bonds is 4. The highest BCUT2D eigenvalue weighted by Crippen LogP contribution is 2.30. The molecule has 2 aromatic rings. The van der Waals surface area contributed by atoms with Crippen LogP contribution in [0.5, 0.6) is 0 Å². The lowest BCUT2D eigenvalue weighted by atomic mass is 10.0. The van der Waals surface area contributed by atoms with Crippen LogP contribution < -0.4 is 0 Å². The largest absolute Gasteiger partial charge is 0.453 e. The van der Waals surface area contributed by atoms with E-state index in [9.17, 15) is 13.2 Å². The molecule has 0 amide bonds. The van der Waals surface area contributed by atoms with Gasteiger partial charge < -0.3 is 4.42 Å². The zero-order valence-corrected chi connectivity index (χ0v) is 13.7. The Labute approximate surface area is 134 Å². The second-order valence-electron chi connectivity index (χ2n) is 5.50. The number of nitrogens with zero attached hydrogens (tertiary/aromatic N) is 3. The Morgan fingerprint density at radius 3 is 2.74 bits per heavy atom. The number of pyridine rings is 1. The second kappa shape index (κ2) is 5.88. The van der Waals surface area contributed by atoms with E-state index in [4.69, 9.17) is 4.42 Å². The van der Waals surface area contributed by atoms with Gasteiger partial charge in [-0.05, 0) is 18.1 Å². The smallest absolute Gasteiger partial charge is 0.281 e. The van der Waals surface area contributed by atoms with E-state index in [0.717, 1.165) is 16.5 Å². The van der Waals surface area contributed by atoms with E-state index in [2.05, 4.69) is 4.98 Å². The Morgan fingerprint density at radius 2 is 2.13 bits per heavy atom. The van der Waals surface area contributed by atoms with E-state index in [1.807, 2.05) is 6.08 Å². The van der Waals surface area contributed by atoms with E-state index in [1.54, 1.807) is 18.5 Å². The molecule has 0 radical (unpaired) electrons. The lowest BCUT2D eigenvalue weighted by Gasteiger charge is -2.28. The molecule has 23 heavy (non-hydrogen) atoms. The summed E-state index contributed by atoms with van der Waals surface area (Å²) in [6.07, 6.45) is 6.41. The summed E-state index contributed by atoms with van der Waals surface area (Å²) in [4.78, 5) is 15.0. The van der Waals surface area contributed by atoms with Crippen molar-refractivity contribution in [2.45, 2.75) is 6.42 Å². The van der Waals surface area contributed by atoms with Crippen LogP contribution in [0.25, 0.3) is 16.5 Å². The summed E-state index contributed by atoms with van der Waals surface area (Å²) in [5.74, 6) is 0.252. The van der Waals surface area contributed by atoms with E-state index in [1.165, 1.54) is 22.7 Å². The molecule has 8 heteroatoms. The molecule has 0 unspecified atom stereocenters. The molecule has 0 N–H and O–H groups in total. The summed E-state index contributed by atoms with van der Waals surface area (Å²) in [5.41, 5.74) is 2.38. The van der Waals surface area contributed by atoms with Gasteiger partial charge in [0.15, 0.2) is 12.0 Å². The number of hydrogen-bond acceptors (Lipinski definition) is 5. The third kappa shape index (κ3) is 2.80. The van der Waals surface area contributed by atoms with Crippen molar-refractivity contribution in [3.8, 4) is 0 Å². The number of carbonyl (C=O) groups excluding carboxylic acids is 1. The summed E-state index contributed by atoms with van der Waals surface area (Å²) in [6, 6.07) is 1.64. The van der Waals surface area contributed by atoms with Crippen LogP contribution >= 0.6 is 0 Å². The van der Waals surface area contributed by atoms with Crippen molar-refractivity contribution in [3.63, 3.8) is 0 Å². The summed E-state index contributed by atoms with van der Waals surface area (Å²) in [5, 5.41) is 0.758. The van der Waals surface area contributed by atoms with Crippen LogP contribution in [-0.2, 0) is 10.2 Å². The summed E-state index contributed by atoms with van der Waals surface area (Å²) < 4.78 is 32.4. The van der Waals surface area contributed by atoms with Gasteiger partial charge in [0.05, 0.1) is 0 Å². The Hall–Kier alpha value is -2.03. The molecule has 0 atom stereocenters. The van der Waals surface area contributed by atoms with Crippen molar-refractivity contribution in [2.24, 2.45) is 0 Å². The molecular weight excluding hydrogens is 318 g/mol. The van der Waals surface area contributed by atoms with E-state index >= 15 is 0 Å². The van der Waals surface area contributed by atoms with Gasteiger partial charge in [-0.25, -0.2) is 0 Å². The maximum absolute atomic E-state index is 12.1. The molecule has 0 saturated carbocycles. The molecule has 0 spiro atoms. The quantitative estimate of drug-likeness (QED) is 0.791. The molecule has 0 bridgehead atoms. The van der Waals surface area contributed by atoms with Crippen LogP contribution in [0.3, 0.4) is 0 Å². The lowest BCUT2D eigenvalue weighted by Crippen LogP contribution is -2.42. The highest BCUT2D eigenvalue weighted by molar-refractivity contribution is 7.86. The summed E-state index contributed by atoms with van der Waals surface area (Å²) >= 11 is 0. The van der Waals surface area contributed by atoms with Gasteiger partial charge in [0.2, 0.25) is 0 Å². The highest BCUT2D eigenvalue weighted by Gasteiger charge is 2.27. The average molecular weight is 335 g/mol. The van der Waals surface area contributed by atoms with E-state index < -0.39 is 10.2 Å². The zero-order valence-electron chi connectivity index (χ0n) is 12.9. The first-order chi connectivity index (χ1) is 10.9. The molecule has 1 aliphatic heterocycles. The molecule has 0 fully saturated rings. The Kier molecular flexibility index (Phi) is 4.05. The SMILES string of the molecule is CN(C)S(=O)(=O)N1CC=C(c2cncc3cc(C=O)oc23)CC1. The van der Waals surface area contributed by atoms with Gasteiger partial charge in [-0.3, -0.25) is 9.78 Å². The van der Waals surface area contributed by atoms with Crippen molar-refractivity contribution >= 4 is 33.0 Å². The van der Waals surface area contributed by atoms with Gasteiger partial charge in [-0.1, -0.05) is 6.08 Å². The maximum Gasteiger partial charge on any atom is 0.281 e. The first kappa shape index (κ1) is 15.9. The number of hydrogen-bond donors (Lipinski definition) is 0. The minimum Gasteiger partial charge on any atom is -0.453 e. The summed E-state index contributed by atoms with van der Waals surface area (Å²) in [7, 11) is -0.377. The first-order valence-electron chi connectivity index (χ1n) is 7.13. The van der Waals surface area contributed by atoms with Gasteiger partial charge in [-0.15, -0.1) is 0 Å². The second-order valence-corrected chi connectivity index (χ2v) is 7.64. The predicted octanol–water partition coefficient (Wildman–Crippen LogP) is 1.54. The number of fused-ring (bicyclic) bond motifs is 1. The standard InChI is InChI=1S/C15H17N3O4S/c1-17(2)23(20,21)18-5-3-11(4-6-18)14-9-16-8-12-7-13(10-19)22-15(12)14/h3,7-10H,4-6H2,1-2H3. The Bertz CT molecular complexity index is 883. The van der Waals surface area contributed by atoms with E-state index in [-0.39, 0.29) is 5.76 Å². The molecule has 1 aliphatic rings. The van der Waals surface area contributed by atoms with Crippen molar-refractivity contribution in [3.05, 3.63) is 35.9 Å². The van der Waals surface area contributed by atoms with Crippen LogP contribution in [-0.4, -0.2) is 55.5 Å². The van der Waals surface area contributed by atoms with Crippen molar-refractivity contribution in [2.75, 3.05) is 27.2 Å². The van der Waals surface area contributed by atoms with Gasteiger partial charge in [0.25, 0.3) is 10.2 Å². The third-order valence-corrected chi connectivity index (χ3v) is 5.77. The molecule has 3 heterocycles. The van der Waals surface area contributed by atoms with Crippen LogP contribution in [0.1, 0.15) is 22.5 Å². The monoisotopic (exact) mass is 335 g/mol. The topological polar surface area (TPSA) is 83.7 Å². The number of aromatic nitrogens is 1. The van der Waals surface area contributed by atoms with Crippen molar-refractivity contribution < 1.29 is 17.6 Å². The fraction of sp³-hybridized carbons (Fsp3) is 0.333. The Morgan fingerprint density at radius 1 is 1.35 bits per heavy atom. The minimum absolute atomic E-state index is 0.252. The van der Waals surface area contributed by atoms with Crippen molar-refractivity contribution in [1.29, 1.82) is 0 Å². The molecule has 122 valence electrons. The van der Waals surface area contributed by atoms with Gasteiger partial charge in [0.1, 0.15) is 5.58 Å². The fourth-order valence-corrected chi connectivity index (χ4v) is 3.65. The van der Waals surface area contributed by atoms with Crippen LogP contribution in [0.15, 0.2) is 29.0 Å². The molecular formula is C15H17N3O4S. The number of carbonyl (C=O) groups is 1. The normalized spacial score (nSPS) is 16.7. The third-order valence-electron chi connectivity index (χ3n) is 3.86. The first-order valence-corrected chi connectivity index (χ1v) is 8.53. The maximum atomic E-state index is 12.1. The highest BCUT2D eigenvalue weighted by atomic mass is 32.2. The van der Waals surface area contributed by atoms with Crippen LogP contribution in [0, 0.1) is 0 Å². The molecule has 3 rings (SSSR count). The van der Waals surface area contributed by atoms with Gasteiger partial charge in [-0.2, -0.15) is 17.0 Å². The number of furan rings is 1. The lowest BCUT2D eigenvalue weighted by molar-refractivity contribution is 0.110. The van der Waals surface area contributed by atoms with Crippen LogP contribution in [0.2, 0.25) is 0 Å². The minimum atomic E-state index is -3.41. The molecule has 0 saturated heterocycles. The predicted molar refractivity (Wildman–Crippen MR) is 86.2 cm³/mol. The van der Waals surface area contributed by atoms with Gasteiger partial charge >= 0.3 is 0 Å². The average Bonchev–Trinajstić information content (AvgIpc) is 2.98. The van der Waals surface area contributed by atoms with Crippen molar-refractivity contribution in [1.82, 2.24) is 13.6 Å². The fourth-order valence-electron chi connectivity index (χ4n) is 2.60. The summed E-state index contributed by atoms with van der Waals surface area (Å²) in [6.45, 7) is 0.692. The van der Waals surface area contributed by atoms with Crippen LogP contribution in [0.4, 0.5) is 0 Å². The molecule has 2 aromatic heterocycles. The van der Waals surface area contributed by atoms with E-state index in [0.29, 0.717) is 31.4 Å². The zero-order chi connectivity index (χ0) is 16.6.